The van der Waals surface area contributed by atoms with E-state index in [-0.39, 0.29) is 11.9 Å². The molecule has 0 N–H and O–H groups in total. The van der Waals surface area contributed by atoms with Crippen molar-refractivity contribution in [2.45, 2.75) is 26.3 Å². The van der Waals surface area contributed by atoms with Gasteiger partial charge >= 0.3 is 0 Å². The molecule has 16 heavy (non-hydrogen) atoms. The van der Waals surface area contributed by atoms with Crippen LogP contribution in [0.4, 0.5) is 0 Å². The first-order valence-corrected chi connectivity index (χ1v) is 6.92. The highest BCUT2D eigenvalue weighted by molar-refractivity contribution is 7.13. The van der Waals surface area contributed by atoms with E-state index in [1.807, 2.05) is 24.0 Å². The fraction of sp³-hybridized carbons (Fsp3) is 0.583. The molecule has 0 spiro atoms. The number of aryl methyl sites for hydroxylation is 1. The number of nitrogens with zero attached hydrogens (tertiary/aromatic N) is 1. The van der Waals surface area contributed by atoms with E-state index in [0.717, 1.165) is 17.8 Å². The topological polar surface area (TPSA) is 20.3 Å². The van der Waals surface area contributed by atoms with Crippen LogP contribution < -0.4 is 0 Å². The van der Waals surface area contributed by atoms with Crippen LogP contribution in [0.3, 0.4) is 0 Å². The summed E-state index contributed by atoms with van der Waals surface area (Å²) in [6.07, 6.45) is 1.06. The van der Waals surface area contributed by atoms with Crippen molar-refractivity contribution in [3.8, 4) is 0 Å². The first kappa shape index (κ1) is 11.9. The van der Waals surface area contributed by atoms with Gasteiger partial charge in [-0.3, -0.25) is 4.79 Å². The predicted molar refractivity (Wildman–Crippen MR) is 68.4 cm³/mol. The molecule has 4 heteroatoms. The number of hydrogen-bond donors (Lipinski definition) is 0. The Morgan fingerprint density at radius 3 is 2.94 bits per heavy atom. The van der Waals surface area contributed by atoms with Crippen LogP contribution in [0.15, 0.2) is 12.1 Å². The molecule has 1 aliphatic heterocycles. The third-order valence-electron chi connectivity index (χ3n) is 3.25. The van der Waals surface area contributed by atoms with Crippen LogP contribution in [0.5, 0.6) is 0 Å². The van der Waals surface area contributed by atoms with E-state index >= 15 is 0 Å². The van der Waals surface area contributed by atoms with Gasteiger partial charge in [-0.15, -0.1) is 22.9 Å². The summed E-state index contributed by atoms with van der Waals surface area (Å²) in [5, 5.41) is 0. The minimum atomic E-state index is 0.146. The van der Waals surface area contributed by atoms with Crippen LogP contribution in [0, 0.1) is 12.8 Å². The summed E-state index contributed by atoms with van der Waals surface area (Å²) in [4.78, 5) is 16.2. The molecule has 0 saturated carbocycles. The largest absolute Gasteiger partial charge is 0.333 e. The quantitative estimate of drug-likeness (QED) is 0.746. The Balaban J connectivity index is 2.16. The van der Waals surface area contributed by atoms with Crippen molar-refractivity contribution in [3.05, 3.63) is 21.9 Å². The van der Waals surface area contributed by atoms with E-state index in [9.17, 15) is 4.79 Å². The fourth-order valence-corrected chi connectivity index (χ4v) is 3.48. The van der Waals surface area contributed by atoms with Crippen molar-refractivity contribution < 1.29 is 4.79 Å². The van der Waals surface area contributed by atoms with Gasteiger partial charge in [-0.05, 0) is 31.4 Å². The number of carbonyl (C=O) groups is 1. The predicted octanol–water partition coefficient (Wildman–Crippen LogP) is 3.15. The lowest BCUT2D eigenvalue weighted by molar-refractivity contribution is 0.0742. The summed E-state index contributed by atoms with van der Waals surface area (Å²) < 4.78 is 0. The molecule has 2 rings (SSSR count). The zero-order chi connectivity index (χ0) is 11.7. The minimum absolute atomic E-state index is 0.146. The van der Waals surface area contributed by atoms with E-state index in [0.29, 0.717) is 11.8 Å². The molecule has 1 saturated heterocycles. The van der Waals surface area contributed by atoms with Gasteiger partial charge in [0.05, 0.1) is 4.88 Å². The van der Waals surface area contributed by atoms with Crippen LogP contribution in [0.2, 0.25) is 0 Å². The second-order valence-electron chi connectivity index (χ2n) is 4.40. The van der Waals surface area contributed by atoms with Crippen molar-refractivity contribution in [1.82, 2.24) is 4.90 Å². The molecule has 1 aliphatic rings. The van der Waals surface area contributed by atoms with E-state index in [1.54, 1.807) is 11.3 Å². The zero-order valence-electron chi connectivity index (χ0n) is 9.57. The lowest BCUT2D eigenvalue weighted by Crippen LogP contribution is -2.38. The molecule has 0 radical (unpaired) electrons. The Hall–Kier alpha value is -0.540. The number of halogens is 1. The van der Waals surface area contributed by atoms with Crippen LogP contribution in [-0.4, -0.2) is 29.3 Å². The highest BCUT2D eigenvalue weighted by atomic mass is 35.5. The van der Waals surface area contributed by atoms with Gasteiger partial charge in [-0.25, -0.2) is 0 Å². The average molecular weight is 258 g/mol. The van der Waals surface area contributed by atoms with E-state index in [1.165, 1.54) is 4.88 Å². The van der Waals surface area contributed by atoms with Gasteiger partial charge in [-0.1, -0.05) is 6.92 Å². The standard InChI is InChI=1S/C12H16ClNOS/c1-8-5-6-14(10(8)7-13)12(15)11-4-3-9(2)16-11/h3-4,8,10H,5-7H2,1-2H3. The van der Waals surface area contributed by atoms with Gasteiger partial charge in [0.2, 0.25) is 0 Å². The molecule has 2 nitrogen and oxygen atoms in total. The highest BCUT2D eigenvalue weighted by Gasteiger charge is 2.34. The maximum Gasteiger partial charge on any atom is 0.264 e. The van der Waals surface area contributed by atoms with Crippen LogP contribution in [0.1, 0.15) is 27.9 Å². The molecule has 1 aromatic rings. The van der Waals surface area contributed by atoms with Crippen molar-refractivity contribution in [1.29, 1.82) is 0 Å². The molecule has 0 bridgehead atoms. The van der Waals surface area contributed by atoms with Crippen molar-refractivity contribution in [2.24, 2.45) is 5.92 Å². The number of carbonyl (C=O) groups excluding carboxylic acids is 1. The van der Waals surface area contributed by atoms with E-state index in [4.69, 9.17) is 11.6 Å². The smallest absolute Gasteiger partial charge is 0.264 e. The molecule has 2 heterocycles. The van der Waals surface area contributed by atoms with Crippen LogP contribution in [0.25, 0.3) is 0 Å². The number of alkyl halides is 1. The molecule has 88 valence electrons. The van der Waals surface area contributed by atoms with Crippen LogP contribution >= 0.6 is 22.9 Å². The Bertz CT molecular complexity index is 390. The van der Waals surface area contributed by atoms with Crippen LogP contribution in [-0.2, 0) is 0 Å². The second kappa shape index (κ2) is 4.76. The summed E-state index contributed by atoms with van der Waals surface area (Å²) in [7, 11) is 0. The number of amides is 1. The monoisotopic (exact) mass is 257 g/mol. The molecule has 1 fully saturated rings. The van der Waals surface area contributed by atoms with Gasteiger partial charge in [0.1, 0.15) is 0 Å². The summed E-state index contributed by atoms with van der Waals surface area (Å²) in [5.41, 5.74) is 0. The van der Waals surface area contributed by atoms with E-state index in [2.05, 4.69) is 6.92 Å². The Labute approximate surface area is 105 Å². The lowest BCUT2D eigenvalue weighted by atomic mass is 10.1. The molecule has 0 aromatic carbocycles. The van der Waals surface area contributed by atoms with Gasteiger partial charge in [0.15, 0.2) is 0 Å². The molecule has 2 atom stereocenters. The first-order chi connectivity index (χ1) is 7.63. The van der Waals surface area contributed by atoms with Gasteiger partial charge < -0.3 is 4.90 Å². The number of rotatable bonds is 2. The summed E-state index contributed by atoms with van der Waals surface area (Å²) in [6.45, 7) is 5.03. The third-order valence-corrected chi connectivity index (χ3v) is 4.56. The van der Waals surface area contributed by atoms with E-state index < -0.39 is 0 Å². The zero-order valence-corrected chi connectivity index (χ0v) is 11.1. The van der Waals surface area contributed by atoms with Gasteiger partial charge in [0.25, 0.3) is 5.91 Å². The third kappa shape index (κ3) is 2.11. The van der Waals surface area contributed by atoms with Gasteiger partial charge in [0, 0.05) is 23.3 Å². The maximum absolute atomic E-state index is 12.3. The Kier molecular flexibility index (Phi) is 3.55. The SMILES string of the molecule is Cc1ccc(C(=O)N2CCC(C)C2CCl)s1. The maximum atomic E-state index is 12.3. The summed E-state index contributed by atoms with van der Waals surface area (Å²) >= 11 is 7.51. The molecular weight excluding hydrogens is 242 g/mol. The Morgan fingerprint density at radius 1 is 1.62 bits per heavy atom. The summed E-state index contributed by atoms with van der Waals surface area (Å²) in [5.74, 6) is 1.20. The lowest BCUT2D eigenvalue weighted by Gasteiger charge is -2.24. The molecule has 1 aromatic heterocycles. The average Bonchev–Trinajstić information content (AvgIpc) is 2.83. The molecule has 2 unspecified atom stereocenters. The highest BCUT2D eigenvalue weighted by Crippen LogP contribution is 2.28. The summed E-state index contributed by atoms with van der Waals surface area (Å²) in [6, 6.07) is 4.11. The van der Waals surface area contributed by atoms with Crippen molar-refractivity contribution in [3.63, 3.8) is 0 Å². The minimum Gasteiger partial charge on any atom is -0.333 e. The molecule has 1 amide bonds. The van der Waals surface area contributed by atoms with Crippen molar-refractivity contribution in [2.75, 3.05) is 12.4 Å². The first-order valence-electron chi connectivity index (χ1n) is 5.57. The fourth-order valence-electron chi connectivity index (χ4n) is 2.19. The molecular formula is C12H16ClNOS. The molecule has 0 aliphatic carbocycles. The van der Waals surface area contributed by atoms with Gasteiger partial charge in [-0.2, -0.15) is 0 Å². The second-order valence-corrected chi connectivity index (χ2v) is 5.99. The van der Waals surface area contributed by atoms with Crippen molar-refractivity contribution >= 4 is 28.8 Å². The number of hydrogen-bond acceptors (Lipinski definition) is 2. The normalized spacial score (nSPS) is 25.1. The Morgan fingerprint density at radius 2 is 2.38 bits per heavy atom. The number of thiophene rings is 1. The number of likely N-dealkylation sites (tertiary alicyclic amines) is 1.